The number of anilines is 1. The molecular weight excluding hydrogens is 219 g/mol. The summed E-state index contributed by atoms with van der Waals surface area (Å²) in [4.78, 5) is 4.06. The van der Waals surface area contributed by atoms with Gasteiger partial charge in [0.05, 0.1) is 5.69 Å². The Bertz CT molecular complexity index is 690. The van der Waals surface area contributed by atoms with Crippen molar-refractivity contribution in [1.29, 1.82) is 0 Å². The van der Waals surface area contributed by atoms with E-state index < -0.39 is 0 Å². The fourth-order valence-electron chi connectivity index (χ4n) is 1.79. The summed E-state index contributed by atoms with van der Waals surface area (Å²) in [5.74, 6) is -0.0820. The second-order valence-electron chi connectivity index (χ2n) is 3.66. The SMILES string of the molecule is Nc1nc2cccc(-c3cccc(F)c3)n2n1. The van der Waals surface area contributed by atoms with E-state index in [0.717, 1.165) is 11.3 Å². The summed E-state index contributed by atoms with van der Waals surface area (Å²) in [5.41, 5.74) is 7.69. The Hall–Kier alpha value is -2.43. The second kappa shape index (κ2) is 3.55. The number of benzene rings is 1. The number of halogens is 1. The van der Waals surface area contributed by atoms with E-state index in [1.54, 1.807) is 16.6 Å². The van der Waals surface area contributed by atoms with Crippen molar-refractivity contribution >= 4 is 11.6 Å². The third-order valence-corrected chi connectivity index (χ3v) is 2.50. The Morgan fingerprint density at radius 2 is 1.94 bits per heavy atom. The van der Waals surface area contributed by atoms with Gasteiger partial charge in [0.1, 0.15) is 5.82 Å². The first-order valence-corrected chi connectivity index (χ1v) is 5.11. The lowest BCUT2D eigenvalue weighted by molar-refractivity contribution is 0.628. The van der Waals surface area contributed by atoms with Crippen molar-refractivity contribution in [1.82, 2.24) is 14.6 Å². The summed E-state index contributed by atoms with van der Waals surface area (Å²) in [6, 6.07) is 11.8. The number of hydrogen-bond acceptors (Lipinski definition) is 3. The summed E-state index contributed by atoms with van der Waals surface area (Å²) >= 11 is 0. The molecule has 0 atom stereocenters. The lowest BCUT2D eigenvalue weighted by atomic mass is 10.1. The summed E-state index contributed by atoms with van der Waals surface area (Å²) < 4.78 is 14.8. The first kappa shape index (κ1) is 9.77. The van der Waals surface area contributed by atoms with Crippen molar-refractivity contribution in [2.75, 3.05) is 5.73 Å². The molecule has 0 fully saturated rings. The molecule has 84 valence electrons. The maximum Gasteiger partial charge on any atom is 0.240 e. The minimum Gasteiger partial charge on any atom is -0.366 e. The number of nitrogens with two attached hydrogens (primary N) is 1. The van der Waals surface area contributed by atoms with Crippen LogP contribution in [-0.4, -0.2) is 14.6 Å². The highest BCUT2D eigenvalue weighted by Crippen LogP contribution is 2.20. The molecular formula is C12H9FN4. The normalized spacial score (nSPS) is 10.9. The van der Waals surface area contributed by atoms with Gasteiger partial charge in [-0.1, -0.05) is 18.2 Å². The van der Waals surface area contributed by atoms with Gasteiger partial charge in [-0.15, -0.1) is 5.10 Å². The number of rotatable bonds is 1. The van der Waals surface area contributed by atoms with Crippen molar-refractivity contribution in [3.63, 3.8) is 0 Å². The molecule has 0 saturated heterocycles. The topological polar surface area (TPSA) is 56.2 Å². The minimum absolute atomic E-state index is 0.203. The van der Waals surface area contributed by atoms with Crippen molar-refractivity contribution in [3.8, 4) is 11.3 Å². The van der Waals surface area contributed by atoms with Gasteiger partial charge in [-0.3, -0.25) is 0 Å². The maximum absolute atomic E-state index is 13.2. The lowest BCUT2D eigenvalue weighted by Gasteiger charge is -2.03. The maximum atomic E-state index is 13.2. The number of aromatic nitrogens is 3. The van der Waals surface area contributed by atoms with Gasteiger partial charge in [-0.2, -0.15) is 4.98 Å². The van der Waals surface area contributed by atoms with Gasteiger partial charge in [0, 0.05) is 5.56 Å². The van der Waals surface area contributed by atoms with Crippen LogP contribution in [0.4, 0.5) is 10.3 Å². The third kappa shape index (κ3) is 1.61. The van der Waals surface area contributed by atoms with E-state index in [1.165, 1.54) is 12.1 Å². The van der Waals surface area contributed by atoms with Gasteiger partial charge >= 0.3 is 0 Å². The highest BCUT2D eigenvalue weighted by Gasteiger charge is 2.07. The molecule has 2 N–H and O–H groups in total. The van der Waals surface area contributed by atoms with Gasteiger partial charge in [0.15, 0.2) is 5.65 Å². The zero-order valence-corrected chi connectivity index (χ0v) is 8.84. The van der Waals surface area contributed by atoms with Crippen LogP contribution in [0.3, 0.4) is 0 Å². The molecule has 1 aromatic carbocycles. The number of pyridine rings is 1. The standard InChI is InChI=1S/C12H9FN4/c13-9-4-1-3-8(7-9)10-5-2-6-11-15-12(14)16-17(10)11/h1-7H,(H2,14,16). The Morgan fingerprint density at radius 1 is 1.12 bits per heavy atom. The summed E-state index contributed by atoms with van der Waals surface area (Å²) in [6.07, 6.45) is 0. The monoisotopic (exact) mass is 228 g/mol. The Morgan fingerprint density at radius 3 is 2.76 bits per heavy atom. The van der Waals surface area contributed by atoms with Gasteiger partial charge in [0.25, 0.3) is 0 Å². The average Bonchev–Trinajstić information content (AvgIpc) is 2.68. The van der Waals surface area contributed by atoms with Crippen LogP contribution in [0.2, 0.25) is 0 Å². The molecule has 2 heterocycles. The van der Waals surface area contributed by atoms with Crippen LogP contribution in [0.1, 0.15) is 0 Å². The molecule has 4 nitrogen and oxygen atoms in total. The molecule has 0 aliphatic rings. The zero-order valence-electron chi connectivity index (χ0n) is 8.84. The van der Waals surface area contributed by atoms with Crippen LogP contribution in [0.5, 0.6) is 0 Å². The Balaban J connectivity index is 2.30. The molecule has 3 aromatic rings. The van der Waals surface area contributed by atoms with E-state index in [4.69, 9.17) is 5.73 Å². The van der Waals surface area contributed by atoms with Crippen LogP contribution in [0.25, 0.3) is 16.9 Å². The molecule has 0 aliphatic carbocycles. The van der Waals surface area contributed by atoms with Crippen LogP contribution >= 0.6 is 0 Å². The van der Waals surface area contributed by atoms with E-state index in [2.05, 4.69) is 10.1 Å². The smallest absolute Gasteiger partial charge is 0.240 e. The molecule has 0 saturated carbocycles. The second-order valence-corrected chi connectivity index (χ2v) is 3.66. The van der Waals surface area contributed by atoms with Crippen LogP contribution < -0.4 is 5.73 Å². The molecule has 0 amide bonds. The summed E-state index contributed by atoms with van der Waals surface area (Å²) in [5, 5.41) is 4.08. The summed E-state index contributed by atoms with van der Waals surface area (Å²) in [6.45, 7) is 0. The van der Waals surface area contributed by atoms with E-state index >= 15 is 0 Å². The molecule has 5 heteroatoms. The molecule has 3 rings (SSSR count). The van der Waals surface area contributed by atoms with Crippen molar-refractivity contribution in [2.24, 2.45) is 0 Å². The third-order valence-electron chi connectivity index (χ3n) is 2.50. The molecule has 0 bridgehead atoms. The Kier molecular flexibility index (Phi) is 2.04. The largest absolute Gasteiger partial charge is 0.366 e. The zero-order chi connectivity index (χ0) is 11.8. The van der Waals surface area contributed by atoms with Gasteiger partial charge in [0.2, 0.25) is 5.95 Å². The van der Waals surface area contributed by atoms with Crippen molar-refractivity contribution in [2.45, 2.75) is 0 Å². The molecule has 0 radical (unpaired) electrons. The van der Waals surface area contributed by atoms with Gasteiger partial charge < -0.3 is 5.73 Å². The first-order chi connectivity index (χ1) is 8.24. The number of fused-ring (bicyclic) bond motifs is 1. The fraction of sp³-hybridized carbons (Fsp3) is 0. The van der Waals surface area contributed by atoms with Gasteiger partial charge in [-0.25, -0.2) is 8.91 Å². The number of nitrogens with zero attached hydrogens (tertiary/aromatic N) is 3. The summed E-state index contributed by atoms with van der Waals surface area (Å²) in [7, 11) is 0. The Labute approximate surface area is 96.5 Å². The molecule has 0 unspecified atom stereocenters. The minimum atomic E-state index is -0.285. The highest BCUT2D eigenvalue weighted by molar-refractivity contribution is 5.63. The van der Waals surface area contributed by atoms with E-state index in [9.17, 15) is 4.39 Å². The fourth-order valence-corrected chi connectivity index (χ4v) is 1.79. The highest BCUT2D eigenvalue weighted by atomic mass is 19.1. The van der Waals surface area contributed by atoms with Crippen LogP contribution in [-0.2, 0) is 0 Å². The van der Waals surface area contributed by atoms with Crippen LogP contribution in [0, 0.1) is 5.82 Å². The molecule has 0 spiro atoms. The first-order valence-electron chi connectivity index (χ1n) is 5.11. The van der Waals surface area contributed by atoms with Gasteiger partial charge in [-0.05, 0) is 24.3 Å². The molecule has 17 heavy (non-hydrogen) atoms. The quantitative estimate of drug-likeness (QED) is 0.694. The number of hydrogen-bond donors (Lipinski definition) is 1. The lowest BCUT2D eigenvalue weighted by Crippen LogP contribution is -1.94. The molecule has 2 aromatic heterocycles. The average molecular weight is 228 g/mol. The molecule has 0 aliphatic heterocycles. The number of nitrogen functional groups attached to an aromatic ring is 1. The predicted octanol–water partition coefficient (Wildman–Crippen LogP) is 2.12. The van der Waals surface area contributed by atoms with Crippen LogP contribution in [0.15, 0.2) is 42.5 Å². The predicted molar refractivity (Wildman–Crippen MR) is 62.8 cm³/mol. The van der Waals surface area contributed by atoms with E-state index in [-0.39, 0.29) is 11.8 Å². The van der Waals surface area contributed by atoms with E-state index in [1.807, 2.05) is 18.2 Å². The van der Waals surface area contributed by atoms with Crippen molar-refractivity contribution < 1.29 is 4.39 Å². The van der Waals surface area contributed by atoms with Crippen molar-refractivity contribution in [3.05, 3.63) is 48.3 Å². The van der Waals surface area contributed by atoms with E-state index in [0.29, 0.717) is 5.65 Å².